The molecule has 0 aromatic heterocycles. The predicted molar refractivity (Wildman–Crippen MR) is 71.3 cm³/mol. The van der Waals surface area contributed by atoms with Crippen molar-refractivity contribution in [2.24, 2.45) is 17.3 Å². The minimum atomic E-state index is 0.580. The summed E-state index contributed by atoms with van der Waals surface area (Å²) in [6, 6.07) is 6.47. The summed E-state index contributed by atoms with van der Waals surface area (Å²) in [5, 5.41) is 0.902. The van der Waals surface area contributed by atoms with E-state index in [0.717, 1.165) is 16.9 Å². The zero-order valence-electron chi connectivity index (χ0n) is 9.95. The molecule has 1 aromatic rings. The second kappa shape index (κ2) is 3.38. The van der Waals surface area contributed by atoms with Gasteiger partial charge in [-0.25, -0.2) is 0 Å². The van der Waals surface area contributed by atoms with Crippen LogP contribution in [0.3, 0.4) is 0 Å². The number of hydrogen-bond donors (Lipinski definition) is 0. The summed E-state index contributed by atoms with van der Waals surface area (Å²) in [6.45, 7) is 0. The summed E-state index contributed by atoms with van der Waals surface area (Å²) < 4.78 is 0. The zero-order chi connectivity index (χ0) is 11.5. The number of aryl methyl sites for hydroxylation is 1. The fraction of sp³-hybridized carbons (Fsp3) is 0.500. The lowest BCUT2D eigenvalue weighted by Crippen LogP contribution is -2.32. The quantitative estimate of drug-likeness (QED) is 0.593. The van der Waals surface area contributed by atoms with Gasteiger partial charge in [0.05, 0.1) is 0 Å². The van der Waals surface area contributed by atoms with Gasteiger partial charge in [-0.05, 0) is 72.6 Å². The van der Waals surface area contributed by atoms with E-state index in [1.807, 2.05) is 6.07 Å². The van der Waals surface area contributed by atoms with E-state index < -0.39 is 0 Å². The molecule has 0 N–H and O–H groups in total. The molecule has 3 aliphatic carbocycles. The highest BCUT2D eigenvalue weighted by Crippen LogP contribution is 2.57. The molecule has 88 valence electrons. The van der Waals surface area contributed by atoms with Crippen LogP contribution in [0.15, 0.2) is 30.4 Å². The Morgan fingerprint density at radius 1 is 1.18 bits per heavy atom. The topological polar surface area (TPSA) is 0 Å². The van der Waals surface area contributed by atoms with Gasteiger partial charge in [-0.2, -0.15) is 0 Å². The molecule has 0 radical (unpaired) electrons. The van der Waals surface area contributed by atoms with Gasteiger partial charge in [0.2, 0.25) is 0 Å². The van der Waals surface area contributed by atoms with E-state index in [1.165, 1.54) is 43.2 Å². The fourth-order valence-electron chi connectivity index (χ4n) is 4.40. The SMILES string of the molecule is Clc1ccc2c(c1)CC1(CC2)CC2C=CC1C2. The van der Waals surface area contributed by atoms with Crippen molar-refractivity contribution in [3.63, 3.8) is 0 Å². The third kappa shape index (κ3) is 1.43. The van der Waals surface area contributed by atoms with Gasteiger partial charge in [-0.1, -0.05) is 29.8 Å². The maximum Gasteiger partial charge on any atom is 0.0408 e. The molecule has 0 aliphatic heterocycles. The van der Waals surface area contributed by atoms with Crippen molar-refractivity contribution in [1.29, 1.82) is 0 Å². The second-order valence-corrected chi connectivity index (χ2v) is 6.58. The average molecular weight is 245 g/mol. The van der Waals surface area contributed by atoms with Crippen molar-refractivity contribution in [2.45, 2.75) is 32.1 Å². The van der Waals surface area contributed by atoms with Crippen LogP contribution in [-0.2, 0) is 12.8 Å². The molecule has 0 nitrogen and oxygen atoms in total. The first kappa shape index (κ1) is 10.2. The van der Waals surface area contributed by atoms with E-state index in [1.54, 1.807) is 0 Å². The molecule has 0 saturated heterocycles. The molecule has 0 heterocycles. The Hall–Kier alpha value is -0.750. The molecule has 3 atom stereocenters. The van der Waals surface area contributed by atoms with Crippen molar-refractivity contribution in [1.82, 2.24) is 0 Å². The molecule has 17 heavy (non-hydrogen) atoms. The standard InChI is InChI=1S/C16H17Cl/c17-15-4-2-12-5-6-16(10-13(12)8-15)9-11-1-3-14(16)7-11/h1-4,8,11,14H,5-7,9-10H2. The summed E-state index contributed by atoms with van der Waals surface area (Å²) in [4.78, 5) is 0. The minimum absolute atomic E-state index is 0.580. The Morgan fingerprint density at radius 3 is 2.88 bits per heavy atom. The summed E-state index contributed by atoms with van der Waals surface area (Å²) >= 11 is 6.14. The van der Waals surface area contributed by atoms with E-state index in [0.29, 0.717) is 5.41 Å². The van der Waals surface area contributed by atoms with Crippen LogP contribution in [0.1, 0.15) is 30.4 Å². The summed E-state index contributed by atoms with van der Waals surface area (Å²) in [5.74, 6) is 1.72. The van der Waals surface area contributed by atoms with Crippen molar-refractivity contribution < 1.29 is 0 Å². The smallest absolute Gasteiger partial charge is 0.0408 e. The van der Waals surface area contributed by atoms with Crippen LogP contribution in [0.4, 0.5) is 0 Å². The molecule has 1 spiro atoms. The highest BCUT2D eigenvalue weighted by atomic mass is 35.5. The Bertz CT molecular complexity index is 502. The summed E-state index contributed by atoms with van der Waals surface area (Å²) in [7, 11) is 0. The average Bonchev–Trinajstić information content (AvgIpc) is 2.88. The Labute approximate surface area is 108 Å². The number of benzene rings is 1. The lowest BCUT2D eigenvalue weighted by molar-refractivity contribution is 0.195. The van der Waals surface area contributed by atoms with E-state index in [9.17, 15) is 0 Å². The first-order valence-corrected chi connectivity index (χ1v) is 7.09. The number of hydrogen-bond acceptors (Lipinski definition) is 0. The lowest BCUT2D eigenvalue weighted by Gasteiger charge is -2.40. The Balaban J connectivity index is 1.73. The van der Waals surface area contributed by atoms with Crippen LogP contribution in [0, 0.1) is 17.3 Å². The number of fused-ring (bicyclic) bond motifs is 4. The van der Waals surface area contributed by atoms with Gasteiger partial charge < -0.3 is 0 Å². The van der Waals surface area contributed by atoms with Gasteiger partial charge in [-0.3, -0.25) is 0 Å². The molecule has 1 fully saturated rings. The maximum atomic E-state index is 6.14. The van der Waals surface area contributed by atoms with Crippen LogP contribution in [0.2, 0.25) is 5.02 Å². The number of halogens is 1. The Kier molecular flexibility index (Phi) is 2.03. The molecule has 2 bridgehead atoms. The molecule has 1 heteroatoms. The van der Waals surface area contributed by atoms with Crippen LogP contribution >= 0.6 is 11.6 Å². The lowest BCUT2D eigenvalue weighted by atomic mass is 9.64. The van der Waals surface area contributed by atoms with Crippen molar-refractivity contribution in [3.8, 4) is 0 Å². The largest absolute Gasteiger partial charge is 0.0851 e. The maximum absolute atomic E-state index is 6.14. The molecular weight excluding hydrogens is 228 g/mol. The van der Waals surface area contributed by atoms with Gasteiger partial charge >= 0.3 is 0 Å². The molecular formula is C16H17Cl. The van der Waals surface area contributed by atoms with Crippen molar-refractivity contribution in [2.75, 3.05) is 0 Å². The van der Waals surface area contributed by atoms with Crippen molar-refractivity contribution >= 4 is 11.6 Å². The van der Waals surface area contributed by atoms with Crippen LogP contribution < -0.4 is 0 Å². The first-order chi connectivity index (χ1) is 8.25. The number of allylic oxidation sites excluding steroid dienone is 2. The van der Waals surface area contributed by atoms with Crippen LogP contribution in [0.25, 0.3) is 0 Å². The highest BCUT2D eigenvalue weighted by molar-refractivity contribution is 6.30. The zero-order valence-corrected chi connectivity index (χ0v) is 10.7. The van der Waals surface area contributed by atoms with E-state index >= 15 is 0 Å². The summed E-state index contributed by atoms with van der Waals surface area (Å²) in [5.41, 5.74) is 3.63. The van der Waals surface area contributed by atoms with Crippen molar-refractivity contribution in [3.05, 3.63) is 46.5 Å². The monoisotopic (exact) mass is 244 g/mol. The van der Waals surface area contributed by atoms with E-state index in [-0.39, 0.29) is 0 Å². The van der Waals surface area contributed by atoms with Gasteiger partial charge in [-0.15, -0.1) is 0 Å². The third-order valence-corrected chi connectivity index (χ3v) is 5.47. The van der Waals surface area contributed by atoms with Crippen LogP contribution in [0.5, 0.6) is 0 Å². The van der Waals surface area contributed by atoms with Gasteiger partial charge in [0.1, 0.15) is 0 Å². The van der Waals surface area contributed by atoms with E-state index in [2.05, 4.69) is 24.3 Å². The predicted octanol–water partition coefficient (Wildman–Crippen LogP) is 4.41. The molecule has 3 aliphatic rings. The minimum Gasteiger partial charge on any atom is -0.0851 e. The number of rotatable bonds is 0. The normalized spacial score (nSPS) is 37.7. The molecule has 1 aromatic carbocycles. The molecule has 1 saturated carbocycles. The molecule has 3 unspecified atom stereocenters. The molecule has 4 rings (SSSR count). The van der Waals surface area contributed by atoms with E-state index in [4.69, 9.17) is 11.6 Å². The first-order valence-electron chi connectivity index (χ1n) is 6.71. The molecule has 0 amide bonds. The second-order valence-electron chi connectivity index (χ2n) is 6.14. The van der Waals surface area contributed by atoms with Gasteiger partial charge in [0, 0.05) is 5.02 Å². The van der Waals surface area contributed by atoms with Crippen LogP contribution in [-0.4, -0.2) is 0 Å². The van der Waals surface area contributed by atoms with Gasteiger partial charge in [0.25, 0.3) is 0 Å². The van der Waals surface area contributed by atoms with Gasteiger partial charge in [0.15, 0.2) is 0 Å². The summed E-state index contributed by atoms with van der Waals surface area (Å²) in [6.07, 6.45) is 11.7. The Morgan fingerprint density at radius 2 is 2.12 bits per heavy atom. The third-order valence-electron chi connectivity index (χ3n) is 5.23. The highest BCUT2D eigenvalue weighted by Gasteiger charge is 2.49. The fourth-order valence-corrected chi connectivity index (χ4v) is 4.59.